The molecule has 1 aromatic rings. The Hall–Kier alpha value is -1.36. The Balaban J connectivity index is 1.82. The summed E-state index contributed by atoms with van der Waals surface area (Å²) in [5, 5.41) is 7.23. The van der Waals surface area contributed by atoms with Crippen molar-refractivity contribution in [3.05, 3.63) is 18.0 Å². The van der Waals surface area contributed by atoms with Gasteiger partial charge in [-0.05, 0) is 25.3 Å². The van der Waals surface area contributed by atoms with E-state index < -0.39 is 0 Å². The van der Waals surface area contributed by atoms with Gasteiger partial charge in [-0.2, -0.15) is 5.10 Å². The largest absolute Gasteiger partial charge is 0.354 e. The molecule has 106 valence electrons. The second-order valence-electron chi connectivity index (χ2n) is 5.58. The first-order chi connectivity index (χ1) is 9.16. The van der Waals surface area contributed by atoms with E-state index in [0.717, 1.165) is 31.2 Å². The Kier molecular flexibility index (Phi) is 4.58. The van der Waals surface area contributed by atoms with Crippen molar-refractivity contribution >= 4 is 5.91 Å². The molecule has 0 unspecified atom stereocenters. The maximum absolute atomic E-state index is 12.3. The molecule has 1 amide bonds. The number of rotatable bonds is 5. The van der Waals surface area contributed by atoms with Crippen LogP contribution in [0.2, 0.25) is 0 Å². The predicted octanol–water partition coefficient (Wildman–Crippen LogP) is 1.22. The first-order valence-electron chi connectivity index (χ1n) is 7.14. The van der Waals surface area contributed by atoms with E-state index in [-0.39, 0.29) is 11.3 Å². The van der Waals surface area contributed by atoms with Crippen molar-refractivity contribution in [2.75, 3.05) is 13.1 Å². The van der Waals surface area contributed by atoms with E-state index in [9.17, 15) is 4.79 Å². The average Bonchev–Trinajstić information content (AvgIpc) is 2.85. The molecule has 1 fully saturated rings. The van der Waals surface area contributed by atoms with Crippen LogP contribution in [0.25, 0.3) is 0 Å². The van der Waals surface area contributed by atoms with Crippen LogP contribution in [0.1, 0.15) is 37.7 Å². The molecule has 0 aliphatic heterocycles. The Morgan fingerprint density at radius 1 is 1.47 bits per heavy atom. The molecule has 1 aromatic heterocycles. The first-order valence-corrected chi connectivity index (χ1v) is 7.14. The fourth-order valence-corrected chi connectivity index (χ4v) is 2.81. The molecule has 5 heteroatoms. The van der Waals surface area contributed by atoms with Gasteiger partial charge in [0.25, 0.3) is 0 Å². The fourth-order valence-electron chi connectivity index (χ4n) is 2.81. The van der Waals surface area contributed by atoms with Gasteiger partial charge in [0.15, 0.2) is 0 Å². The summed E-state index contributed by atoms with van der Waals surface area (Å²) in [7, 11) is 0. The molecule has 0 aromatic carbocycles. The molecule has 2 rings (SSSR count). The van der Waals surface area contributed by atoms with Gasteiger partial charge in [-0.15, -0.1) is 0 Å². The van der Waals surface area contributed by atoms with Gasteiger partial charge in [0.05, 0.1) is 18.2 Å². The van der Waals surface area contributed by atoms with Gasteiger partial charge in [-0.25, -0.2) is 0 Å². The highest BCUT2D eigenvalue weighted by Crippen LogP contribution is 2.35. The Morgan fingerprint density at radius 2 is 2.21 bits per heavy atom. The van der Waals surface area contributed by atoms with Crippen LogP contribution >= 0.6 is 0 Å². The van der Waals surface area contributed by atoms with Gasteiger partial charge >= 0.3 is 0 Å². The molecule has 0 radical (unpaired) electrons. The quantitative estimate of drug-likeness (QED) is 0.839. The summed E-state index contributed by atoms with van der Waals surface area (Å²) in [5.74, 6) is 0.124. The van der Waals surface area contributed by atoms with E-state index in [1.165, 1.54) is 6.42 Å². The van der Waals surface area contributed by atoms with Crippen LogP contribution in [-0.4, -0.2) is 28.8 Å². The van der Waals surface area contributed by atoms with Crippen molar-refractivity contribution in [3.63, 3.8) is 0 Å². The van der Waals surface area contributed by atoms with Crippen molar-refractivity contribution in [2.45, 2.75) is 45.6 Å². The topological polar surface area (TPSA) is 72.9 Å². The van der Waals surface area contributed by atoms with Gasteiger partial charge in [-0.1, -0.05) is 19.3 Å². The van der Waals surface area contributed by atoms with Crippen molar-refractivity contribution in [1.29, 1.82) is 0 Å². The molecule has 3 N–H and O–H groups in total. The minimum Gasteiger partial charge on any atom is -0.354 e. The Labute approximate surface area is 114 Å². The first kappa shape index (κ1) is 14.1. The number of carbonyl (C=O) groups excluding carboxylic acids is 1. The molecule has 1 saturated carbocycles. The normalized spacial score (nSPS) is 18.2. The molecule has 0 atom stereocenters. The van der Waals surface area contributed by atoms with E-state index in [4.69, 9.17) is 5.73 Å². The molecule has 0 spiro atoms. The second kappa shape index (κ2) is 6.19. The Bertz CT molecular complexity index is 421. The molecule has 19 heavy (non-hydrogen) atoms. The molecule has 1 aliphatic carbocycles. The summed E-state index contributed by atoms with van der Waals surface area (Å²) in [5.41, 5.74) is 6.66. The van der Waals surface area contributed by atoms with E-state index in [2.05, 4.69) is 10.4 Å². The lowest BCUT2D eigenvalue weighted by Crippen LogP contribution is -2.47. The minimum atomic E-state index is -0.321. The van der Waals surface area contributed by atoms with Gasteiger partial charge in [0.2, 0.25) is 5.91 Å². The summed E-state index contributed by atoms with van der Waals surface area (Å²) in [6, 6.07) is 0. The molecule has 0 saturated heterocycles. The molecule has 5 nitrogen and oxygen atoms in total. The van der Waals surface area contributed by atoms with E-state index in [0.29, 0.717) is 19.6 Å². The zero-order valence-corrected chi connectivity index (χ0v) is 11.7. The number of aryl methyl sites for hydroxylation is 1. The summed E-state index contributed by atoms with van der Waals surface area (Å²) in [6.45, 7) is 3.79. The van der Waals surface area contributed by atoms with Crippen LogP contribution in [0.3, 0.4) is 0 Å². The predicted molar refractivity (Wildman–Crippen MR) is 74.5 cm³/mol. The van der Waals surface area contributed by atoms with Gasteiger partial charge in [0, 0.05) is 19.3 Å². The van der Waals surface area contributed by atoms with E-state index >= 15 is 0 Å². The van der Waals surface area contributed by atoms with Crippen molar-refractivity contribution in [1.82, 2.24) is 15.1 Å². The number of hydrogen-bond donors (Lipinski definition) is 2. The maximum Gasteiger partial charge on any atom is 0.227 e. The average molecular weight is 264 g/mol. The summed E-state index contributed by atoms with van der Waals surface area (Å²) < 4.78 is 1.85. The van der Waals surface area contributed by atoms with Crippen LogP contribution in [-0.2, 0) is 11.3 Å². The van der Waals surface area contributed by atoms with Crippen LogP contribution in [0.5, 0.6) is 0 Å². The molecule has 1 aliphatic rings. The SMILES string of the molecule is Cc1cnn(CCNC(=O)C2(CN)CCCCC2)c1. The number of hydrogen-bond acceptors (Lipinski definition) is 3. The molecule has 1 heterocycles. The van der Waals surface area contributed by atoms with E-state index in [1.54, 1.807) is 0 Å². The number of nitrogens with zero attached hydrogens (tertiary/aromatic N) is 2. The number of nitrogens with two attached hydrogens (primary N) is 1. The zero-order chi connectivity index (χ0) is 13.7. The monoisotopic (exact) mass is 264 g/mol. The Morgan fingerprint density at radius 3 is 2.79 bits per heavy atom. The third-order valence-corrected chi connectivity index (χ3v) is 4.07. The molecule has 0 bridgehead atoms. The third kappa shape index (κ3) is 3.35. The smallest absolute Gasteiger partial charge is 0.227 e. The molecular weight excluding hydrogens is 240 g/mol. The second-order valence-corrected chi connectivity index (χ2v) is 5.58. The lowest BCUT2D eigenvalue weighted by Gasteiger charge is -2.34. The zero-order valence-electron chi connectivity index (χ0n) is 11.7. The number of aromatic nitrogens is 2. The van der Waals surface area contributed by atoms with Crippen LogP contribution in [0.4, 0.5) is 0 Å². The highest BCUT2D eigenvalue weighted by atomic mass is 16.2. The minimum absolute atomic E-state index is 0.124. The maximum atomic E-state index is 12.3. The lowest BCUT2D eigenvalue weighted by molar-refractivity contribution is -0.132. The lowest BCUT2D eigenvalue weighted by atomic mass is 9.73. The number of carbonyl (C=O) groups is 1. The summed E-state index contributed by atoms with van der Waals surface area (Å²) >= 11 is 0. The third-order valence-electron chi connectivity index (χ3n) is 4.07. The fraction of sp³-hybridized carbons (Fsp3) is 0.714. The van der Waals surface area contributed by atoms with E-state index in [1.807, 2.05) is 24.0 Å². The van der Waals surface area contributed by atoms with Gasteiger partial charge < -0.3 is 11.1 Å². The highest BCUT2D eigenvalue weighted by molar-refractivity contribution is 5.82. The summed E-state index contributed by atoms with van der Waals surface area (Å²) in [4.78, 5) is 12.3. The number of nitrogens with one attached hydrogen (secondary N) is 1. The standard InChI is InChI=1S/C14H24N4O/c1-12-9-17-18(10-12)8-7-16-13(19)14(11-15)5-3-2-4-6-14/h9-10H,2-8,11,15H2,1H3,(H,16,19). The van der Waals surface area contributed by atoms with Crippen LogP contribution in [0, 0.1) is 12.3 Å². The van der Waals surface area contributed by atoms with Crippen molar-refractivity contribution < 1.29 is 4.79 Å². The van der Waals surface area contributed by atoms with Crippen molar-refractivity contribution in [3.8, 4) is 0 Å². The molecular formula is C14H24N4O. The number of amides is 1. The van der Waals surface area contributed by atoms with Gasteiger partial charge in [0.1, 0.15) is 0 Å². The van der Waals surface area contributed by atoms with Gasteiger partial charge in [-0.3, -0.25) is 9.48 Å². The van der Waals surface area contributed by atoms with Crippen LogP contribution in [0.15, 0.2) is 12.4 Å². The highest BCUT2D eigenvalue weighted by Gasteiger charge is 2.37. The summed E-state index contributed by atoms with van der Waals surface area (Å²) in [6.07, 6.45) is 9.11. The van der Waals surface area contributed by atoms with Crippen molar-refractivity contribution in [2.24, 2.45) is 11.1 Å². The van der Waals surface area contributed by atoms with Crippen LogP contribution < -0.4 is 11.1 Å².